The topological polar surface area (TPSA) is 12.0 Å². The van der Waals surface area contributed by atoms with E-state index in [1.54, 1.807) is 0 Å². The maximum absolute atomic E-state index is 4.05. The van der Waals surface area contributed by atoms with Crippen molar-refractivity contribution in [1.82, 2.24) is 5.32 Å². The molecule has 3 aromatic carbocycles. The summed E-state index contributed by atoms with van der Waals surface area (Å²) in [6.45, 7) is 28.7. The third kappa shape index (κ3) is 9.70. The van der Waals surface area contributed by atoms with E-state index >= 15 is 0 Å². The van der Waals surface area contributed by atoms with Crippen molar-refractivity contribution in [2.24, 2.45) is 5.92 Å². The predicted octanol–water partition coefficient (Wildman–Crippen LogP) is 13.3. The Balaban J connectivity index is 0.00000345. The van der Waals surface area contributed by atoms with Gasteiger partial charge in [-0.1, -0.05) is 153 Å². The van der Waals surface area contributed by atoms with Crippen molar-refractivity contribution >= 4 is 11.4 Å². The van der Waals surface area contributed by atoms with E-state index in [2.05, 4.69) is 153 Å². The highest BCUT2D eigenvalue weighted by Crippen LogP contribution is 2.38. The number of hydrogen-bond donors (Lipinski definition) is 1. The number of aryl methyl sites for hydroxylation is 2. The third-order valence-corrected chi connectivity index (χ3v) is 9.36. The van der Waals surface area contributed by atoms with Crippen molar-refractivity contribution in [3.05, 3.63) is 131 Å². The SMILES string of the molecule is C=C/C=C(\C=C(/N/C(=C\C)c1c(C)cc(-c2ccccc2)cc1C)c1cccc(C(C)(C)[C@@H](C)CC)c1C)CCCCC.CC. The van der Waals surface area contributed by atoms with Crippen LogP contribution >= 0.6 is 0 Å². The molecule has 3 aromatic rings. The summed E-state index contributed by atoms with van der Waals surface area (Å²) >= 11 is 0. The smallest absolute Gasteiger partial charge is 0.0463 e. The molecule has 0 spiro atoms. The Bertz CT molecular complexity index is 1440. The fraction of sp³-hybridized carbons (Fsp3) is 0.409. The molecule has 0 aliphatic rings. The maximum atomic E-state index is 4.05. The number of nitrogens with one attached hydrogen (secondary N) is 1. The first-order chi connectivity index (χ1) is 21.6. The van der Waals surface area contributed by atoms with Crippen LogP contribution in [-0.2, 0) is 5.41 Å². The molecule has 0 aliphatic heterocycles. The molecule has 0 aromatic heterocycles. The molecule has 0 bridgehead atoms. The molecule has 0 fully saturated rings. The van der Waals surface area contributed by atoms with Gasteiger partial charge in [0.1, 0.15) is 0 Å². The molecule has 0 radical (unpaired) electrons. The highest BCUT2D eigenvalue weighted by molar-refractivity contribution is 5.82. The van der Waals surface area contributed by atoms with Crippen LogP contribution in [0.4, 0.5) is 0 Å². The second kappa shape index (κ2) is 18.4. The fourth-order valence-electron chi connectivity index (χ4n) is 6.31. The predicted molar refractivity (Wildman–Crippen MR) is 204 cm³/mol. The Morgan fingerprint density at radius 1 is 0.867 bits per heavy atom. The molecule has 45 heavy (non-hydrogen) atoms. The highest BCUT2D eigenvalue weighted by Gasteiger charge is 2.29. The Hall–Kier alpha value is -3.58. The van der Waals surface area contributed by atoms with E-state index in [9.17, 15) is 0 Å². The molecule has 242 valence electrons. The molecule has 1 nitrogen and oxygen atoms in total. The standard InChI is InChI=1S/C42H55N.C2H6/c1-11-15-17-22-34(21-12-2)29-40(37-25-20-26-38(33(37)8)42(9,10)32(7)13-3)43-39(14-4)41-30(5)27-36(28-31(41)6)35-23-18-16-19-24-35;1-2/h12,14,16,18-21,23-29,32,43H,2,11,13,15,17,22H2,1,3-10H3;1-2H3/b34-21-,39-14-,40-29-;/t32-;/m0./s1. The summed E-state index contributed by atoms with van der Waals surface area (Å²) in [5.74, 6) is 0.576. The molecular formula is C44H61N. The second-order valence-corrected chi connectivity index (χ2v) is 12.7. The summed E-state index contributed by atoms with van der Waals surface area (Å²) < 4.78 is 0. The van der Waals surface area contributed by atoms with Gasteiger partial charge < -0.3 is 5.32 Å². The van der Waals surface area contributed by atoms with Gasteiger partial charge in [0.05, 0.1) is 0 Å². The zero-order valence-electron chi connectivity index (χ0n) is 30.4. The molecule has 0 saturated heterocycles. The molecule has 0 amide bonds. The van der Waals surface area contributed by atoms with Crippen LogP contribution in [0.1, 0.15) is 121 Å². The number of hydrogen-bond acceptors (Lipinski definition) is 1. The van der Waals surface area contributed by atoms with E-state index in [0.29, 0.717) is 5.92 Å². The molecule has 0 aliphatic carbocycles. The number of allylic oxidation sites excluding steroid dienone is 5. The summed E-state index contributed by atoms with van der Waals surface area (Å²) in [6.07, 6.45) is 14.5. The van der Waals surface area contributed by atoms with E-state index in [-0.39, 0.29) is 5.41 Å². The van der Waals surface area contributed by atoms with Crippen molar-refractivity contribution < 1.29 is 0 Å². The Morgan fingerprint density at radius 3 is 2.07 bits per heavy atom. The molecule has 1 atom stereocenters. The van der Waals surface area contributed by atoms with E-state index in [0.717, 1.165) is 24.2 Å². The van der Waals surface area contributed by atoms with Gasteiger partial charge in [0.2, 0.25) is 0 Å². The van der Waals surface area contributed by atoms with E-state index in [1.807, 2.05) is 19.9 Å². The van der Waals surface area contributed by atoms with Crippen molar-refractivity contribution in [3.63, 3.8) is 0 Å². The van der Waals surface area contributed by atoms with Gasteiger partial charge in [-0.2, -0.15) is 0 Å². The lowest BCUT2D eigenvalue weighted by molar-refractivity contribution is 0.333. The molecule has 0 heterocycles. The van der Waals surface area contributed by atoms with Crippen LogP contribution in [0.15, 0.2) is 97.1 Å². The Labute approximate surface area is 277 Å². The van der Waals surface area contributed by atoms with Gasteiger partial charge in [0, 0.05) is 22.5 Å². The van der Waals surface area contributed by atoms with Crippen LogP contribution < -0.4 is 5.32 Å². The van der Waals surface area contributed by atoms with Gasteiger partial charge in [0.25, 0.3) is 0 Å². The lowest BCUT2D eigenvalue weighted by Gasteiger charge is -2.34. The first kappa shape index (κ1) is 37.6. The van der Waals surface area contributed by atoms with Crippen LogP contribution in [0.5, 0.6) is 0 Å². The van der Waals surface area contributed by atoms with Gasteiger partial charge in [-0.25, -0.2) is 0 Å². The number of rotatable bonds is 14. The Morgan fingerprint density at radius 2 is 1.51 bits per heavy atom. The third-order valence-electron chi connectivity index (χ3n) is 9.36. The minimum atomic E-state index is 0.0741. The summed E-state index contributed by atoms with van der Waals surface area (Å²) in [4.78, 5) is 0. The van der Waals surface area contributed by atoms with Crippen LogP contribution in [0.25, 0.3) is 22.5 Å². The van der Waals surface area contributed by atoms with E-state index in [1.165, 1.54) is 69.3 Å². The molecule has 0 saturated carbocycles. The van der Waals surface area contributed by atoms with Crippen molar-refractivity contribution in [3.8, 4) is 11.1 Å². The molecular weight excluding hydrogens is 542 g/mol. The van der Waals surface area contributed by atoms with Gasteiger partial charge in [0.15, 0.2) is 0 Å². The zero-order valence-corrected chi connectivity index (χ0v) is 30.4. The van der Waals surface area contributed by atoms with Crippen LogP contribution in [0.2, 0.25) is 0 Å². The van der Waals surface area contributed by atoms with E-state index < -0.39 is 0 Å². The van der Waals surface area contributed by atoms with Crippen LogP contribution in [0.3, 0.4) is 0 Å². The quantitative estimate of drug-likeness (QED) is 0.143. The summed E-state index contributed by atoms with van der Waals surface area (Å²) in [6, 6.07) is 22.2. The van der Waals surface area contributed by atoms with Crippen molar-refractivity contribution in [2.75, 3.05) is 0 Å². The minimum absolute atomic E-state index is 0.0741. The minimum Gasteiger partial charge on any atom is -0.355 e. The largest absolute Gasteiger partial charge is 0.355 e. The zero-order chi connectivity index (χ0) is 33.6. The molecule has 3 rings (SSSR count). The number of unbranched alkanes of at least 4 members (excludes halogenated alkanes) is 2. The van der Waals surface area contributed by atoms with Crippen LogP contribution in [-0.4, -0.2) is 0 Å². The lowest BCUT2D eigenvalue weighted by Crippen LogP contribution is -2.27. The second-order valence-electron chi connectivity index (χ2n) is 12.7. The summed E-state index contributed by atoms with van der Waals surface area (Å²) in [7, 11) is 0. The van der Waals surface area contributed by atoms with Gasteiger partial charge in [-0.3, -0.25) is 0 Å². The maximum Gasteiger partial charge on any atom is 0.0463 e. The van der Waals surface area contributed by atoms with Gasteiger partial charge in [-0.05, 0) is 96.9 Å². The van der Waals surface area contributed by atoms with Crippen molar-refractivity contribution in [1.29, 1.82) is 0 Å². The normalized spacial score (nSPS) is 13.2. The average Bonchev–Trinajstić information content (AvgIpc) is 3.04. The first-order valence-electron chi connectivity index (χ1n) is 17.3. The van der Waals surface area contributed by atoms with Gasteiger partial charge >= 0.3 is 0 Å². The average molecular weight is 604 g/mol. The van der Waals surface area contributed by atoms with Crippen molar-refractivity contribution in [2.45, 2.75) is 114 Å². The lowest BCUT2D eigenvalue weighted by atomic mass is 9.71. The monoisotopic (exact) mass is 603 g/mol. The molecule has 0 unspecified atom stereocenters. The fourth-order valence-corrected chi connectivity index (χ4v) is 6.31. The van der Waals surface area contributed by atoms with Gasteiger partial charge in [-0.15, -0.1) is 0 Å². The van der Waals surface area contributed by atoms with E-state index in [4.69, 9.17) is 0 Å². The first-order valence-corrected chi connectivity index (χ1v) is 17.3. The summed E-state index contributed by atoms with van der Waals surface area (Å²) in [5.41, 5.74) is 14.0. The molecule has 1 heteroatoms. The molecule has 1 N–H and O–H groups in total. The van der Waals surface area contributed by atoms with Crippen LogP contribution in [0, 0.1) is 26.7 Å². The number of benzene rings is 3. The highest BCUT2D eigenvalue weighted by atomic mass is 14.9. The summed E-state index contributed by atoms with van der Waals surface area (Å²) in [5, 5.41) is 3.97. The Kier molecular flexibility index (Phi) is 15.4.